The van der Waals surface area contributed by atoms with Gasteiger partial charge in [-0.1, -0.05) is 47.6 Å². The summed E-state index contributed by atoms with van der Waals surface area (Å²) in [5, 5.41) is 7.00. The van der Waals surface area contributed by atoms with Crippen LogP contribution in [0.2, 0.25) is 0 Å². The summed E-state index contributed by atoms with van der Waals surface area (Å²) < 4.78 is 13.3. The molecule has 2 saturated carbocycles. The highest BCUT2D eigenvalue weighted by Crippen LogP contribution is 2.38. The molecule has 1 aromatic carbocycles. The van der Waals surface area contributed by atoms with Crippen molar-refractivity contribution < 1.29 is 14.3 Å². The van der Waals surface area contributed by atoms with Crippen molar-refractivity contribution in [2.24, 2.45) is 5.92 Å². The molecule has 3 aliphatic rings. The summed E-state index contributed by atoms with van der Waals surface area (Å²) in [6.45, 7) is 15.2. The van der Waals surface area contributed by atoms with Crippen molar-refractivity contribution in [2.75, 3.05) is 26.7 Å². The molecule has 0 bridgehead atoms. The Balaban J connectivity index is 1.52. The number of Topliss-reactive ketones (excluding diaryl/α,β-unsaturated/α-hetero) is 1. The molecule has 0 spiro atoms. The van der Waals surface area contributed by atoms with E-state index in [4.69, 9.17) is 9.47 Å². The van der Waals surface area contributed by atoms with E-state index in [1.807, 2.05) is 20.9 Å². The minimum Gasteiger partial charge on any atom is -0.490 e. The highest BCUT2D eigenvalue weighted by Gasteiger charge is 2.38. The van der Waals surface area contributed by atoms with Crippen LogP contribution in [0.5, 0.6) is 5.75 Å². The average molecular weight is 514 g/mol. The van der Waals surface area contributed by atoms with E-state index in [0.717, 1.165) is 50.9 Å². The van der Waals surface area contributed by atoms with E-state index in [0.29, 0.717) is 42.5 Å². The van der Waals surface area contributed by atoms with Gasteiger partial charge in [0, 0.05) is 43.1 Å². The molecule has 1 aliphatic heterocycles. The molecule has 0 radical (unpaired) electrons. The number of benzene rings is 1. The second-order valence-electron chi connectivity index (χ2n) is 12.7. The van der Waals surface area contributed by atoms with Gasteiger partial charge in [0.1, 0.15) is 17.6 Å². The van der Waals surface area contributed by atoms with Crippen LogP contribution in [0.15, 0.2) is 18.2 Å². The molecule has 6 heteroatoms. The van der Waals surface area contributed by atoms with E-state index in [9.17, 15) is 4.79 Å². The molecule has 0 amide bonds. The van der Waals surface area contributed by atoms with Gasteiger partial charge in [-0.05, 0) is 68.3 Å². The molecule has 2 atom stereocenters. The Morgan fingerprint density at radius 2 is 1.70 bits per heavy atom. The van der Waals surface area contributed by atoms with E-state index in [1.165, 1.54) is 11.1 Å². The maximum atomic E-state index is 12.6. The molecule has 3 fully saturated rings. The first-order valence-corrected chi connectivity index (χ1v) is 14.8. The largest absolute Gasteiger partial charge is 0.490 e. The normalized spacial score (nSPS) is 30.4. The number of likely N-dealkylation sites (tertiary alicyclic amines) is 1. The van der Waals surface area contributed by atoms with Crippen LogP contribution in [0, 0.1) is 5.92 Å². The van der Waals surface area contributed by atoms with Gasteiger partial charge in [-0.2, -0.15) is 0 Å². The molecule has 1 saturated heterocycles. The fourth-order valence-electron chi connectivity index (χ4n) is 5.91. The fourth-order valence-corrected chi connectivity index (χ4v) is 5.91. The molecular weight excluding hydrogens is 462 g/mol. The highest BCUT2D eigenvalue weighted by molar-refractivity contribution is 5.82. The molecule has 4 rings (SSSR count). The lowest BCUT2D eigenvalue weighted by molar-refractivity contribution is -0.125. The summed E-state index contributed by atoms with van der Waals surface area (Å²) in [4.78, 5) is 14.9. The summed E-state index contributed by atoms with van der Waals surface area (Å²) in [7, 11) is 2.03. The SMILES string of the molecule is CNC1CC(Oc2cc(C(C)C)cc(C3CN(CC(=O)C(C)C)CCC3OC3CC(NC(C)C)C3)c2)C1. The van der Waals surface area contributed by atoms with E-state index in [-0.39, 0.29) is 24.0 Å². The number of rotatable bonds is 12. The smallest absolute Gasteiger partial charge is 0.149 e. The van der Waals surface area contributed by atoms with Crippen molar-refractivity contribution >= 4 is 5.78 Å². The predicted octanol–water partition coefficient (Wildman–Crippen LogP) is 4.87. The van der Waals surface area contributed by atoms with Gasteiger partial charge < -0.3 is 20.1 Å². The first-order chi connectivity index (χ1) is 17.6. The minimum atomic E-state index is 0.0703. The Kier molecular flexibility index (Phi) is 9.71. The zero-order valence-corrected chi connectivity index (χ0v) is 24.3. The van der Waals surface area contributed by atoms with Gasteiger partial charge in [0.15, 0.2) is 0 Å². The topological polar surface area (TPSA) is 62.8 Å². The Morgan fingerprint density at radius 1 is 1.00 bits per heavy atom. The molecule has 2 aliphatic carbocycles. The maximum absolute atomic E-state index is 12.6. The predicted molar refractivity (Wildman–Crippen MR) is 151 cm³/mol. The molecule has 208 valence electrons. The van der Waals surface area contributed by atoms with Crippen LogP contribution in [0.3, 0.4) is 0 Å². The molecule has 2 N–H and O–H groups in total. The molecular formula is C31H51N3O3. The Morgan fingerprint density at radius 3 is 2.32 bits per heavy atom. The van der Waals surface area contributed by atoms with E-state index >= 15 is 0 Å². The minimum absolute atomic E-state index is 0.0703. The monoisotopic (exact) mass is 513 g/mol. The summed E-state index contributed by atoms with van der Waals surface area (Å²) in [5.41, 5.74) is 2.62. The van der Waals surface area contributed by atoms with Gasteiger partial charge in [-0.3, -0.25) is 9.69 Å². The molecule has 1 aromatic rings. The highest BCUT2D eigenvalue weighted by atomic mass is 16.5. The fraction of sp³-hybridized carbons (Fsp3) is 0.774. The first kappa shape index (κ1) is 28.5. The number of carbonyl (C=O) groups excluding carboxylic acids is 1. The lowest BCUT2D eigenvalue weighted by Gasteiger charge is -2.44. The zero-order chi connectivity index (χ0) is 26.7. The Labute approximate surface area is 225 Å². The maximum Gasteiger partial charge on any atom is 0.149 e. The molecule has 0 aromatic heterocycles. The standard InChI is InChI=1S/C31H51N3O3/c1-19(2)22-10-23(12-26(11-22)36-27-13-24(14-27)32-7)29-17-34(18-30(35)20(3)4)9-8-31(29)37-28-15-25(16-28)33-21(5)6/h10-12,19-21,24-25,27-29,31-33H,8-9,13-18H2,1-7H3. The first-order valence-electron chi connectivity index (χ1n) is 14.8. The van der Waals surface area contributed by atoms with Crippen LogP contribution in [0.4, 0.5) is 0 Å². The molecule has 2 unspecified atom stereocenters. The van der Waals surface area contributed by atoms with Crippen molar-refractivity contribution in [3.63, 3.8) is 0 Å². The molecule has 1 heterocycles. The van der Waals surface area contributed by atoms with Crippen LogP contribution >= 0.6 is 0 Å². The van der Waals surface area contributed by atoms with E-state index in [1.54, 1.807) is 0 Å². The molecule has 6 nitrogen and oxygen atoms in total. The second kappa shape index (κ2) is 12.6. The van der Waals surface area contributed by atoms with Crippen molar-refractivity contribution in [3.05, 3.63) is 29.3 Å². The van der Waals surface area contributed by atoms with Crippen LogP contribution in [0.25, 0.3) is 0 Å². The summed E-state index contributed by atoms with van der Waals surface area (Å²) in [6.07, 6.45) is 6.04. The van der Waals surface area contributed by atoms with Gasteiger partial charge in [-0.25, -0.2) is 0 Å². The summed E-state index contributed by atoms with van der Waals surface area (Å²) >= 11 is 0. The number of ether oxygens (including phenoxy) is 2. The van der Waals surface area contributed by atoms with Gasteiger partial charge >= 0.3 is 0 Å². The van der Waals surface area contributed by atoms with Crippen LogP contribution in [-0.4, -0.2) is 73.8 Å². The number of nitrogens with zero attached hydrogens (tertiary/aromatic N) is 1. The second-order valence-corrected chi connectivity index (χ2v) is 12.7. The third-order valence-electron chi connectivity index (χ3n) is 8.54. The Bertz CT molecular complexity index is 890. The summed E-state index contributed by atoms with van der Waals surface area (Å²) in [6, 6.07) is 8.51. The van der Waals surface area contributed by atoms with E-state index in [2.05, 4.69) is 61.4 Å². The summed E-state index contributed by atoms with van der Waals surface area (Å²) in [5.74, 6) is 2.03. The lowest BCUT2D eigenvalue weighted by Crippen LogP contribution is -2.51. The van der Waals surface area contributed by atoms with Gasteiger partial charge in [0.05, 0.1) is 18.8 Å². The van der Waals surface area contributed by atoms with Crippen LogP contribution in [-0.2, 0) is 9.53 Å². The third kappa shape index (κ3) is 7.56. The van der Waals surface area contributed by atoms with Crippen molar-refractivity contribution in [3.8, 4) is 5.75 Å². The number of nitrogens with one attached hydrogen (secondary N) is 2. The van der Waals surface area contributed by atoms with Gasteiger partial charge in [0.2, 0.25) is 0 Å². The number of hydrogen-bond acceptors (Lipinski definition) is 6. The van der Waals surface area contributed by atoms with Gasteiger partial charge in [-0.15, -0.1) is 0 Å². The average Bonchev–Trinajstić information content (AvgIpc) is 2.79. The van der Waals surface area contributed by atoms with Gasteiger partial charge in [0.25, 0.3) is 0 Å². The van der Waals surface area contributed by atoms with Crippen molar-refractivity contribution in [1.82, 2.24) is 15.5 Å². The van der Waals surface area contributed by atoms with Crippen LogP contribution in [0.1, 0.15) is 96.6 Å². The quantitative estimate of drug-likeness (QED) is 0.416. The number of hydrogen-bond donors (Lipinski definition) is 2. The number of piperidine rings is 1. The lowest BCUT2D eigenvalue weighted by atomic mass is 9.83. The zero-order valence-electron chi connectivity index (χ0n) is 24.3. The van der Waals surface area contributed by atoms with Crippen molar-refractivity contribution in [1.29, 1.82) is 0 Å². The van der Waals surface area contributed by atoms with Crippen LogP contribution < -0.4 is 15.4 Å². The third-order valence-corrected chi connectivity index (χ3v) is 8.54. The number of carbonyl (C=O) groups is 1. The Hall–Kier alpha value is -1.47. The van der Waals surface area contributed by atoms with E-state index < -0.39 is 0 Å². The van der Waals surface area contributed by atoms with Crippen molar-refractivity contribution in [2.45, 2.75) is 122 Å². The molecule has 37 heavy (non-hydrogen) atoms. The number of ketones is 1.